The fourth-order valence-corrected chi connectivity index (χ4v) is 2.99. The van der Waals surface area contributed by atoms with Gasteiger partial charge in [-0.25, -0.2) is 0 Å². The van der Waals surface area contributed by atoms with E-state index >= 15 is 0 Å². The molecule has 4 rings (SSSR count). The van der Waals surface area contributed by atoms with Crippen LogP contribution in [0.5, 0.6) is 0 Å². The zero-order chi connectivity index (χ0) is 14.2. The minimum absolute atomic E-state index is 1.07. The first-order valence-electron chi connectivity index (χ1n) is 7.17. The second-order valence-corrected chi connectivity index (χ2v) is 5.36. The second kappa shape index (κ2) is 4.71. The minimum atomic E-state index is 1.07. The maximum absolute atomic E-state index is 4.64. The van der Waals surface area contributed by atoms with Crippen molar-refractivity contribution in [3.8, 4) is 11.3 Å². The zero-order valence-electron chi connectivity index (χ0n) is 11.9. The highest BCUT2D eigenvalue weighted by Crippen LogP contribution is 2.32. The van der Waals surface area contributed by atoms with Crippen LogP contribution in [0.3, 0.4) is 0 Å². The molecular weight excluding hydrogens is 254 g/mol. The van der Waals surface area contributed by atoms with Gasteiger partial charge in [-0.1, -0.05) is 60.7 Å². The van der Waals surface area contributed by atoms with E-state index in [0.29, 0.717) is 0 Å². The van der Waals surface area contributed by atoms with E-state index in [2.05, 4.69) is 78.6 Å². The summed E-state index contributed by atoms with van der Waals surface area (Å²) in [5, 5.41) is 5.03. The van der Waals surface area contributed by atoms with Crippen molar-refractivity contribution in [3.05, 3.63) is 78.5 Å². The fraction of sp³-hybridized carbons (Fsp3) is 0.0500. The highest BCUT2D eigenvalue weighted by atomic mass is 14.7. The van der Waals surface area contributed by atoms with E-state index in [1.54, 1.807) is 0 Å². The van der Waals surface area contributed by atoms with Crippen molar-refractivity contribution in [2.45, 2.75) is 6.92 Å². The summed E-state index contributed by atoms with van der Waals surface area (Å²) in [5.41, 5.74) is 3.53. The second-order valence-electron chi connectivity index (χ2n) is 5.36. The number of aryl methyl sites for hydroxylation is 1. The number of hydrogen-bond donors (Lipinski definition) is 0. The molecule has 0 saturated carbocycles. The van der Waals surface area contributed by atoms with Crippen molar-refractivity contribution in [1.82, 2.24) is 4.98 Å². The van der Waals surface area contributed by atoms with Gasteiger partial charge in [0.25, 0.3) is 0 Å². The third-order valence-electron chi connectivity index (χ3n) is 4.07. The maximum atomic E-state index is 4.64. The molecule has 0 amide bonds. The average molecular weight is 269 g/mol. The Morgan fingerprint density at radius 3 is 2.38 bits per heavy atom. The lowest BCUT2D eigenvalue weighted by molar-refractivity contribution is 1.33. The molecule has 0 radical (unpaired) electrons. The first kappa shape index (κ1) is 12.1. The van der Waals surface area contributed by atoms with Crippen LogP contribution in [0.2, 0.25) is 0 Å². The molecule has 0 saturated heterocycles. The predicted octanol–water partition coefficient (Wildman–Crippen LogP) is 5.36. The molecule has 0 N–H and O–H groups in total. The Hall–Kier alpha value is -2.67. The largest absolute Gasteiger partial charge is 0.256 e. The number of aromatic nitrogens is 1. The molecule has 100 valence electrons. The normalized spacial score (nSPS) is 11.1. The molecule has 0 aliphatic heterocycles. The van der Waals surface area contributed by atoms with Crippen LogP contribution in [0.15, 0.2) is 72.9 Å². The highest BCUT2D eigenvalue weighted by molar-refractivity contribution is 6.11. The average Bonchev–Trinajstić information content (AvgIpc) is 2.55. The van der Waals surface area contributed by atoms with Gasteiger partial charge in [0.1, 0.15) is 0 Å². The van der Waals surface area contributed by atoms with Crippen LogP contribution < -0.4 is 0 Å². The predicted molar refractivity (Wildman–Crippen MR) is 89.4 cm³/mol. The van der Waals surface area contributed by atoms with Crippen molar-refractivity contribution in [2.75, 3.05) is 0 Å². The van der Waals surface area contributed by atoms with Crippen LogP contribution in [-0.2, 0) is 0 Å². The Morgan fingerprint density at radius 1 is 0.667 bits per heavy atom. The molecule has 1 heteroatoms. The Labute approximate surface area is 123 Å². The number of rotatable bonds is 1. The number of nitrogens with zero attached hydrogens (tertiary/aromatic N) is 1. The van der Waals surface area contributed by atoms with E-state index in [1.807, 2.05) is 6.20 Å². The third-order valence-corrected chi connectivity index (χ3v) is 4.07. The van der Waals surface area contributed by atoms with Crippen molar-refractivity contribution >= 4 is 21.5 Å². The lowest BCUT2D eigenvalue weighted by Crippen LogP contribution is -1.89. The van der Waals surface area contributed by atoms with Gasteiger partial charge in [-0.15, -0.1) is 0 Å². The van der Waals surface area contributed by atoms with Gasteiger partial charge in [0.2, 0.25) is 0 Å². The molecule has 1 aromatic heterocycles. The first-order valence-corrected chi connectivity index (χ1v) is 7.17. The fourth-order valence-electron chi connectivity index (χ4n) is 2.99. The summed E-state index contributed by atoms with van der Waals surface area (Å²) in [6.07, 6.45) is 1.91. The Morgan fingerprint density at radius 2 is 1.48 bits per heavy atom. The molecule has 0 bridgehead atoms. The van der Waals surface area contributed by atoms with Crippen molar-refractivity contribution < 1.29 is 0 Å². The lowest BCUT2D eigenvalue weighted by Gasteiger charge is -2.10. The Bertz CT molecular complexity index is 954. The highest BCUT2D eigenvalue weighted by Gasteiger charge is 2.09. The monoisotopic (exact) mass is 269 g/mol. The lowest BCUT2D eigenvalue weighted by atomic mass is 9.97. The van der Waals surface area contributed by atoms with Gasteiger partial charge in [0, 0.05) is 17.1 Å². The molecule has 0 aliphatic rings. The van der Waals surface area contributed by atoms with E-state index in [9.17, 15) is 0 Å². The number of pyridine rings is 1. The molecule has 0 spiro atoms. The maximum Gasteiger partial charge on any atom is 0.0783 e. The summed E-state index contributed by atoms with van der Waals surface area (Å²) in [4.78, 5) is 4.64. The summed E-state index contributed by atoms with van der Waals surface area (Å²) < 4.78 is 0. The van der Waals surface area contributed by atoms with Gasteiger partial charge in [0.15, 0.2) is 0 Å². The zero-order valence-corrected chi connectivity index (χ0v) is 11.9. The number of hydrogen-bond acceptors (Lipinski definition) is 1. The van der Waals surface area contributed by atoms with Crippen LogP contribution in [0.25, 0.3) is 32.8 Å². The van der Waals surface area contributed by atoms with Crippen LogP contribution >= 0.6 is 0 Å². The third kappa shape index (κ3) is 1.90. The first-order chi connectivity index (χ1) is 10.3. The molecule has 3 aromatic carbocycles. The molecule has 0 aliphatic carbocycles. The SMILES string of the molecule is Cc1ccccc1-c1nccc2c1ccc1ccccc12. The molecule has 1 nitrogen and oxygen atoms in total. The summed E-state index contributed by atoms with van der Waals surface area (Å²) in [6, 6.07) is 23.4. The Kier molecular flexibility index (Phi) is 2.71. The van der Waals surface area contributed by atoms with Crippen LogP contribution in [0.1, 0.15) is 5.56 Å². The van der Waals surface area contributed by atoms with Gasteiger partial charge < -0.3 is 0 Å². The van der Waals surface area contributed by atoms with Gasteiger partial charge in [-0.2, -0.15) is 0 Å². The van der Waals surface area contributed by atoms with E-state index in [0.717, 1.165) is 5.69 Å². The molecule has 0 atom stereocenters. The quantitative estimate of drug-likeness (QED) is 0.424. The van der Waals surface area contributed by atoms with Gasteiger partial charge >= 0.3 is 0 Å². The van der Waals surface area contributed by atoms with Crippen LogP contribution in [-0.4, -0.2) is 4.98 Å². The number of benzene rings is 3. The molecule has 0 fully saturated rings. The molecule has 1 heterocycles. The summed E-state index contributed by atoms with van der Waals surface area (Å²) >= 11 is 0. The van der Waals surface area contributed by atoms with E-state index < -0.39 is 0 Å². The van der Waals surface area contributed by atoms with Gasteiger partial charge in [-0.05, 0) is 34.7 Å². The smallest absolute Gasteiger partial charge is 0.0783 e. The van der Waals surface area contributed by atoms with E-state index in [4.69, 9.17) is 0 Å². The summed E-state index contributed by atoms with van der Waals surface area (Å²) in [7, 11) is 0. The van der Waals surface area contributed by atoms with Crippen LogP contribution in [0.4, 0.5) is 0 Å². The molecular formula is C20H15N. The van der Waals surface area contributed by atoms with Crippen molar-refractivity contribution in [2.24, 2.45) is 0 Å². The van der Waals surface area contributed by atoms with Gasteiger partial charge in [0.05, 0.1) is 5.69 Å². The van der Waals surface area contributed by atoms with E-state index in [1.165, 1.54) is 32.7 Å². The molecule has 0 unspecified atom stereocenters. The summed E-state index contributed by atoms with van der Waals surface area (Å²) in [5.74, 6) is 0. The summed E-state index contributed by atoms with van der Waals surface area (Å²) in [6.45, 7) is 2.14. The van der Waals surface area contributed by atoms with E-state index in [-0.39, 0.29) is 0 Å². The molecule has 4 aromatic rings. The topological polar surface area (TPSA) is 12.9 Å². The minimum Gasteiger partial charge on any atom is -0.256 e. The Balaban J connectivity index is 2.12. The van der Waals surface area contributed by atoms with Crippen molar-refractivity contribution in [3.63, 3.8) is 0 Å². The molecule has 21 heavy (non-hydrogen) atoms. The van der Waals surface area contributed by atoms with Crippen LogP contribution in [0, 0.1) is 6.92 Å². The van der Waals surface area contributed by atoms with Gasteiger partial charge in [-0.3, -0.25) is 4.98 Å². The van der Waals surface area contributed by atoms with Crippen molar-refractivity contribution in [1.29, 1.82) is 0 Å². The standard InChI is InChI=1S/C20H15N/c1-14-6-2-4-8-16(14)20-19-11-10-15-7-3-5-9-17(15)18(19)12-13-21-20/h2-13H,1H3. The number of fused-ring (bicyclic) bond motifs is 3.